The maximum atomic E-state index is 12.4. The van der Waals surface area contributed by atoms with Crippen molar-refractivity contribution in [3.63, 3.8) is 0 Å². The van der Waals surface area contributed by atoms with Gasteiger partial charge in [-0.05, 0) is 36.6 Å². The first kappa shape index (κ1) is 31.6. The van der Waals surface area contributed by atoms with Crippen molar-refractivity contribution in [2.24, 2.45) is 0 Å². The Balaban J connectivity index is 0.000000317. The molecular weight excluding hydrogens is 544 g/mol. The Kier molecular flexibility index (Phi) is 10.9. The van der Waals surface area contributed by atoms with Gasteiger partial charge >= 0.3 is 24.3 Å². The van der Waals surface area contributed by atoms with Crippen LogP contribution >= 0.6 is 0 Å². The number of amides is 1. The molecule has 0 radical (unpaired) electrons. The molecule has 1 amide bonds. The van der Waals surface area contributed by atoms with E-state index in [1.54, 1.807) is 24.6 Å². The number of alkyl halides is 6. The summed E-state index contributed by atoms with van der Waals surface area (Å²) in [6.07, 6.45) is -3.17. The Morgan fingerprint density at radius 1 is 0.949 bits per heavy atom. The number of furan rings is 1. The number of likely N-dealkylation sites (tertiary alicyclic amines) is 1. The van der Waals surface area contributed by atoms with Crippen LogP contribution in [0, 0.1) is 0 Å². The van der Waals surface area contributed by atoms with E-state index in [-0.39, 0.29) is 11.5 Å². The van der Waals surface area contributed by atoms with Crippen LogP contribution in [0.1, 0.15) is 29.0 Å². The molecule has 4 heterocycles. The molecule has 0 aliphatic carbocycles. The highest BCUT2D eigenvalue weighted by atomic mass is 19.4. The molecule has 2 N–H and O–H groups in total. The zero-order chi connectivity index (χ0) is 29.3. The first-order valence-corrected chi connectivity index (χ1v) is 11.3. The van der Waals surface area contributed by atoms with Crippen LogP contribution in [0.15, 0.2) is 47.3 Å². The lowest BCUT2D eigenvalue weighted by molar-refractivity contribution is -0.193. The molecule has 16 heteroatoms. The van der Waals surface area contributed by atoms with Gasteiger partial charge in [-0.3, -0.25) is 14.7 Å². The number of aromatic nitrogens is 1. The third-order valence-corrected chi connectivity index (χ3v) is 5.64. The highest BCUT2D eigenvalue weighted by molar-refractivity contribution is 5.91. The predicted molar refractivity (Wildman–Crippen MR) is 119 cm³/mol. The molecule has 2 saturated heterocycles. The van der Waals surface area contributed by atoms with E-state index in [1.165, 1.54) is 5.56 Å². The van der Waals surface area contributed by atoms with Crippen molar-refractivity contribution in [3.05, 3.63) is 54.2 Å². The third kappa shape index (κ3) is 10.2. The van der Waals surface area contributed by atoms with Crippen molar-refractivity contribution < 1.29 is 60.1 Å². The van der Waals surface area contributed by atoms with Crippen LogP contribution in [0.5, 0.6) is 0 Å². The molecule has 216 valence electrons. The lowest BCUT2D eigenvalue weighted by Gasteiger charge is -2.47. The second-order valence-electron chi connectivity index (χ2n) is 8.48. The molecule has 2 aliphatic rings. The Bertz CT molecular complexity index is 1050. The van der Waals surface area contributed by atoms with Crippen molar-refractivity contribution in [3.8, 4) is 0 Å². The van der Waals surface area contributed by atoms with Crippen LogP contribution in [0.25, 0.3) is 0 Å². The largest absolute Gasteiger partial charge is 0.490 e. The lowest BCUT2D eigenvalue weighted by atomic mass is 9.89. The number of nitrogens with zero attached hydrogens (tertiary/aromatic N) is 3. The van der Waals surface area contributed by atoms with Gasteiger partial charge in [0.1, 0.15) is 0 Å². The summed E-state index contributed by atoms with van der Waals surface area (Å²) < 4.78 is 74.9. The highest BCUT2D eigenvalue weighted by Gasteiger charge is 2.41. The first-order valence-electron chi connectivity index (χ1n) is 11.3. The summed E-state index contributed by atoms with van der Waals surface area (Å²) in [6.45, 7) is 4.90. The molecule has 2 fully saturated rings. The molecule has 39 heavy (non-hydrogen) atoms. The second-order valence-corrected chi connectivity index (χ2v) is 8.48. The fraction of sp³-hybridized carbons (Fsp3) is 0.478. The monoisotopic (exact) mass is 569 g/mol. The number of carboxylic acids is 2. The topological polar surface area (TPSA) is 133 Å². The predicted octanol–water partition coefficient (Wildman–Crippen LogP) is 3.45. The van der Waals surface area contributed by atoms with Crippen LogP contribution in [-0.4, -0.2) is 93.6 Å². The fourth-order valence-electron chi connectivity index (χ4n) is 3.78. The minimum Gasteiger partial charge on any atom is -0.475 e. The number of hydrogen-bond acceptors (Lipinski definition) is 7. The van der Waals surface area contributed by atoms with E-state index >= 15 is 0 Å². The van der Waals surface area contributed by atoms with Crippen LogP contribution in [0.4, 0.5) is 26.3 Å². The van der Waals surface area contributed by atoms with E-state index < -0.39 is 24.3 Å². The summed E-state index contributed by atoms with van der Waals surface area (Å²) in [7, 11) is 0. The fourth-order valence-corrected chi connectivity index (χ4v) is 3.78. The number of rotatable bonds is 3. The summed E-state index contributed by atoms with van der Waals surface area (Å²) >= 11 is 0. The normalized spacial score (nSPS) is 17.3. The number of carboxylic acid groups (broad SMARTS) is 2. The van der Waals surface area contributed by atoms with Gasteiger partial charge in [0.05, 0.1) is 18.5 Å². The minimum absolute atomic E-state index is 0.0251. The lowest BCUT2D eigenvalue weighted by Crippen LogP contribution is -2.57. The molecule has 0 unspecified atom stereocenters. The molecule has 2 aromatic heterocycles. The average Bonchev–Trinajstić information content (AvgIpc) is 3.40. The van der Waals surface area contributed by atoms with E-state index in [0.29, 0.717) is 18.8 Å². The van der Waals surface area contributed by atoms with Crippen LogP contribution in [-0.2, 0) is 20.9 Å². The smallest absolute Gasteiger partial charge is 0.475 e. The third-order valence-electron chi connectivity index (χ3n) is 5.64. The number of piperidine rings is 1. The number of morpholine rings is 1. The van der Waals surface area contributed by atoms with Gasteiger partial charge in [-0.1, -0.05) is 6.07 Å². The molecule has 0 aromatic carbocycles. The van der Waals surface area contributed by atoms with Crippen molar-refractivity contribution >= 4 is 17.8 Å². The molecule has 0 saturated carbocycles. The zero-order valence-electron chi connectivity index (χ0n) is 20.2. The Hall–Kier alpha value is -3.66. The summed E-state index contributed by atoms with van der Waals surface area (Å²) in [5, 5.41) is 14.2. The average molecular weight is 569 g/mol. The number of halogens is 6. The summed E-state index contributed by atoms with van der Waals surface area (Å²) in [5.74, 6) is -5.12. The van der Waals surface area contributed by atoms with Crippen molar-refractivity contribution in [2.75, 3.05) is 32.8 Å². The molecule has 2 aliphatic heterocycles. The van der Waals surface area contributed by atoms with Gasteiger partial charge in [0.15, 0.2) is 5.76 Å². The molecule has 10 nitrogen and oxygen atoms in total. The van der Waals surface area contributed by atoms with Gasteiger partial charge in [-0.15, -0.1) is 0 Å². The summed E-state index contributed by atoms with van der Waals surface area (Å²) in [6, 6.07) is 7.56. The van der Waals surface area contributed by atoms with Gasteiger partial charge in [0, 0.05) is 45.1 Å². The summed E-state index contributed by atoms with van der Waals surface area (Å²) in [5.41, 5.74) is 1.09. The standard InChI is InChI=1S/C19H23N3O3.2C2HF3O2/c23-18(17-4-2-11-24-17)22-8-5-19(6-9-22)15-21(10-12-25-19)14-16-3-1-7-20-13-16;2*3-2(4,5)1(6)7/h1-4,7,11,13H,5-6,8-10,12,14-15H2;2*(H,6,7). The van der Waals surface area contributed by atoms with Gasteiger partial charge in [-0.2, -0.15) is 26.3 Å². The van der Waals surface area contributed by atoms with Crippen molar-refractivity contribution in [1.82, 2.24) is 14.8 Å². The molecular formula is C23H25F6N3O7. The maximum Gasteiger partial charge on any atom is 0.490 e. The first-order chi connectivity index (χ1) is 18.1. The number of aliphatic carboxylic acids is 2. The number of pyridine rings is 1. The van der Waals surface area contributed by atoms with Crippen molar-refractivity contribution in [1.29, 1.82) is 0 Å². The number of ether oxygens (including phenoxy) is 1. The Labute approximate surface area is 217 Å². The quantitative estimate of drug-likeness (QED) is 0.534. The van der Waals surface area contributed by atoms with Crippen LogP contribution in [0.3, 0.4) is 0 Å². The van der Waals surface area contributed by atoms with Crippen molar-refractivity contribution in [2.45, 2.75) is 37.3 Å². The zero-order valence-corrected chi connectivity index (χ0v) is 20.2. The van der Waals surface area contributed by atoms with E-state index in [2.05, 4.69) is 16.0 Å². The number of carbonyl (C=O) groups is 3. The molecule has 2 aromatic rings. The highest BCUT2D eigenvalue weighted by Crippen LogP contribution is 2.31. The summed E-state index contributed by atoms with van der Waals surface area (Å²) in [4.78, 5) is 38.7. The van der Waals surface area contributed by atoms with E-state index in [9.17, 15) is 31.1 Å². The number of carbonyl (C=O) groups excluding carboxylic acids is 1. The van der Waals surface area contributed by atoms with E-state index in [4.69, 9.17) is 29.0 Å². The minimum atomic E-state index is -5.08. The van der Waals surface area contributed by atoms with Crippen LogP contribution < -0.4 is 0 Å². The Morgan fingerprint density at radius 2 is 1.54 bits per heavy atom. The molecule has 4 rings (SSSR count). The van der Waals surface area contributed by atoms with Gasteiger partial charge in [0.2, 0.25) is 0 Å². The van der Waals surface area contributed by atoms with Gasteiger partial charge in [0.25, 0.3) is 5.91 Å². The van der Waals surface area contributed by atoms with Crippen LogP contribution in [0.2, 0.25) is 0 Å². The molecule has 1 spiro atoms. The number of hydrogen-bond donors (Lipinski definition) is 2. The molecule has 0 bridgehead atoms. The second kappa shape index (κ2) is 13.4. The van der Waals surface area contributed by atoms with E-state index in [0.717, 1.165) is 39.1 Å². The maximum absolute atomic E-state index is 12.4. The van der Waals surface area contributed by atoms with E-state index in [1.807, 2.05) is 17.2 Å². The Morgan fingerprint density at radius 3 is 2.00 bits per heavy atom. The van der Waals surface area contributed by atoms with Gasteiger partial charge in [-0.25, -0.2) is 9.59 Å². The SMILES string of the molecule is O=C(O)C(F)(F)F.O=C(O)C(F)(F)F.O=C(c1ccco1)N1CCC2(CC1)CN(Cc1cccnc1)CCO2. The van der Waals surface area contributed by atoms with Gasteiger partial charge < -0.3 is 24.3 Å². The molecule has 0 atom stereocenters.